The lowest BCUT2D eigenvalue weighted by Gasteiger charge is -2.20. The van der Waals surface area contributed by atoms with Crippen molar-refractivity contribution in [3.63, 3.8) is 0 Å². The molecule has 0 unspecified atom stereocenters. The number of hydrogen-bond donors (Lipinski definition) is 1. The number of aromatic nitrogens is 1. The summed E-state index contributed by atoms with van der Waals surface area (Å²) >= 11 is 0. The Morgan fingerprint density at radius 3 is 2.60 bits per heavy atom. The fraction of sp³-hybridized carbons (Fsp3) is 0.250. The van der Waals surface area contributed by atoms with Crippen molar-refractivity contribution in [1.29, 1.82) is 0 Å². The van der Waals surface area contributed by atoms with E-state index in [1.807, 2.05) is 0 Å². The summed E-state index contributed by atoms with van der Waals surface area (Å²) in [7, 11) is -3.49. The molecule has 0 aliphatic carbocycles. The number of benzene rings is 1. The lowest BCUT2D eigenvalue weighted by atomic mass is 10.2. The van der Waals surface area contributed by atoms with E-state index < -0.39 is 27.6 Å². The topological polar surface area (TPSA) is 79.4 Å². The van der Waals surface area contributed by atoms with Crippen LogP contribution in [-0.4, -0.2) is 43.0 Å². The predicted octanol–water partition coefficient (Wildman–Crippen LogP) is 1.55. The summed E-state index contributed by atoms with van der Waals surface area (Å²) in [5.41, 5.74) is 0.664. The van der Waals surface area contributed by atoms with Gasteiger partial charge in [0.2, 0.25) is 10.0 Å². The summed E-state index contributed by atoms with van der Waals surface area (Å²) in [6.07, 6.45) is 4.20. The molecule has 2 aromatic rings. The van der Waals surface area contributed by atoms with Crippen molar-refractivity contribution in [3.8, 4) is 0 Å². The molecule has 2 rings (SSSR count). The summed E-state index contributed by atoms with van der Waals surface area (Å²) < 4.78 is 50.9. The van der Waals surface area contributed by atoms with Gasteiger partial charge in [-0.3, -0.25) is 9.78 Å². The van der Waals surface area contributed by atoms with Crippen molar-refractivity contribution in [2.24, 2.45) is 0 Å². The van der Waals surface area contributed by atoms with Gasteiger partial charge in [-0.1, -0.05) is 6.07 Å². The average molecular weight is 369 g/mol. The summed E-state index contributed by atoms with van der Waals surface area (Å²) in [5.74, 6) is -2.79. The predicted molar refractivity (Wildman–Crippen MR) is 88.2 cm³/mol. The molecule has 0 atom stereocenters. The van der Waals surface area contributed by atoms with Gasteiger partial charge in [0.15, 0.2) is 11.6 Å². The van der Waals surface area contributed by atoms with Crippen LogP contribution in [0.2, 0.25) is 0 Å². The number of nitrogens with one attached hydrogen (secondary N) is 1. The Bertz CT molecular complexity index is 845. The van der Waals surface area contributed by atoms with Crippen LogP contribution in [0, 0.1) is 11.6 Å². The highest BCUT2D eigenvalue weighted by Gasteiger charge is 2.17. The minimum atomic E-state index is -3.49. The van der Waals surface area contributed by atoms with Crippen molar-refractivity contribution in [3.05, 3.63) is 65.5 Å². The summed E-state index contributed by atoms with van der Waals surface area (Å²) in [5, 5.41) is 2.48. The molecule has 1 amide bonds. The first-order valence-corrected chi connectivity index (χ1v) is 9.19. The molecule has 0 fully saturated rings. The molecule has 9 heteroatoms. The highest BCUT2D eigenvalue weighted by atomic mass is 32.2. The Hall–Kier alpha value is -2.39. The van der Waals surface area contributed by atoms with Crippen molar-refractivity contribution in [1.82, 2.24) is 14.6 Å². The summed E-state index contributed by atoms with van der Waals surface area (Å²) in [6, 6.07) is 6.23. The zero-order chi connectivity index (χ0) is 18.4. The maximum absolute atomic E-state index is 13.1. The monoisotopic (exact) mass is 369 g/mol. The molecule has 0 aliphatic heterocycles. The van der Waals surface area contributed by atoms with E-state index in [1.54, 1.807) is 24.5 Å². The Morgan fingerprint density at radius 2 is 2.00 bits per heavy atom. The number of nitrogens with zero attached hydrogens (tertiary/aromatic N) is 2. The highest BCUT2D eigenvalue weighted by Crippen LogP contribution is 2.09. The number of amides is 1. The molecular weight excluding hydrogens is 352 g/mol. The van der Waals surface area contributed by atoms with Crippen molar-refractivity contribution in [2.45, 2.75) is 6.54 Å². The first-order valence-electron chi connectivity index (χ1n) is 7.34. The van der Waals surface area contributed by atoms with Crippen LogP contribution in [0.5, 0.6) is 0 Å². The van der Waals surface area contributed by atoms with Gasteiger partial charge in [-0.25, -0.2) is 17.2 Å². The van der Waals surface area contributed by atoms with Crippen LogP contribution in [0.15, 0.2) is 42.7 Å². The van der Waals surface area contributed by atoms with E-state index in [0.717, 1.165) is 24.5 Å². The van der Waals surface area contributed by atoms with Gasteiger partial charge < -0.3 is 5.32 Å². The maximum Gasteiger partial charge on any atom is 0.251 e. The smallest absolute Gasteiger partial charge is 0.251 e. The third-order valence-corrected chi connectivity index (χ3v) is 4.63. The summed E-state index contributed by atoms with van der Waals surface area (Å²) in [4.78, 5) is 15.8. The minimum Gasteiger partial charge on any atom is -0.351 e. The Balaban J connectivity index is 1.96. The Labute approximate surface area is 144 Å². The molecule has 1 heterocycles. The normalized spacial score (nSPS) is 11.5. The van der Waals surface area contributed by atoms with Gasteiger partial charge in [0, 0.05) is 37.6 Å². The number of carbonyl (C=O) groups excluding carboxylic acids is 1. The van der Waals surface area contributed by atoms with E-state index in [2.05, 4.69) is 10.3 Å². The molecular formula is C16H17F2N3O3S. The Morgan fingerprint density at radius 1 is 1.24 bits per heavy atom. The number of hydrogen-bond acceptors (Lipinski definition) is 4. The minimum absolute atomic E-state index is 0.0190. The van der Waals surface area contributed by atoms with Gasteiger partial charge in [-0.05, 0) is 29.8 Å². The first kappa shape index (κ1) is 18.9. The molecule has 1 N–H and O–H groups in total. The van der Waals surface area contributed by atoms with Gasteiger partial charge in [0.1, 0.15) is 0 Å². The fourth-order valence-corrected chi connectivity index (χ4v) is 2.90. The molecule has 1 aromatic heterocycles. The molecule has 0 aliphatic rings. The van der Waals surface area contributed by atoms with Crippen LogP contribution in [0.4, 0.5) is 8.78 Å². The van der Waals surface area contributed by atoms with E-state index >= 15 is 0 Å². The second kappa shape index (κ2) is 8.13. The van der Waals surface area contributed by atoms with E-state index in [1.165, 1.54) is 4.31 Å². The Kier molecular flexibility index (Phi) is 6.16. The molecule has 134 valence electrons. The molecule has 0 bridgehead atoms. The molecule has 6 nitrogen and oxygen atoms in total. The fourth-order valence-electron chi connectivity index (χ4n) is 2.09. The van der Waals surface area contributed by atoms with Crippen molar-refractivity contribution >= 4 is 15.9 Å². The van der Waals surface area contributed by atoms with Gasteiger partial charge in [0.05, 0.1) is 6.26 Å². The zero-order valence-corrected chi connectivity index (χ0v) is 14.3. The van der Waals surface area contributed by atoms with Gasteiger partial charge in [-0.15, -0.1) is 0 Å². The van der Waals surface area contributed by atoms with Crippen molar-refractivity contribution < 1.29 is 22.0 Å². The SMILES string of the molecule is CS(=O)(=O)N(CCNC(=O)c1ccc(F)c(F)c1)Cc1cccnc1. The van der Waals surface area contributed by atoms with Crippen LogP contribution < -0.4 is 5.32 Å². The van der Waals surface area contributed by atoms with Gasteiger partial charge in [-0.2, -0.15) is 4.31 Å². The lowest BCUT2D eigenvalue weighted by molar-refractivity contribution is 0.0951. The summed E-state index contributed by atoms with van der Waals surface area (Å²) in [6.45, 7) is 0.169. The van der Waals surface area contributed by atoms with Crippen molar-refractivity contribution in [2.75, 3.05) is 19.3 Å². The van der Waals surface area contributed by atoms with Gasteiger partial charge >= 0.3 is 0 Å². The second-order valence-electron chi connectivity index (χ2n) is 5.34. The van der Waals surface area contributed by atoms with E-state index in [0.29, 0.717) is 5.56 Å². The van der Waals surface area contributed by atoms with Crippen LogP contribution in [0.1, 0.15) is 15.9 Å². The number of halogens is 2. The molecule has 1 aromatic carbocycles. The molecule has 0 saturated carbocycles. The number of pyridine rings is 1. The van der Waals surface area contributed by atoms with Crippen LogP contribution in [0.3, 0.4) is 0 Å². The van der Waals surface area contributed by atoms with E-state index in [4.69, 9.17) is 0 Å². The van der Waals surface area contributed by atoms with Crippen LogP contribution >= 0.6 is 0 Å². The van der Waals surface area contributed by atoms with Gasteiger partial charge in [0.25, 0.3) is 5.91 Å². The number of carbonyl (C=O) groups is 1. The third kappa shape index (κ3) is 5.57. The maximum atomic E-state index is 13.1. The quantitative estimate of drug-likeness (QED) is 0.803. The molecule has 0 radical (unpaired) electrons. The largest absolute Gasteiger partial charge is 0.351 e. The molecule has 25 heavy (non-hydrogen) atoms. The molecule has 0 saturated heterocycles. The van der Waals surface area contributed by atoms with E-state index in [-0.39, 0.29) is 25.2 Å². The highest BCUT2D eigenvalue weighted by molar-refractivity contribution is 7.88. The zero-order valence-electron chi connectivity index (χ0n) is 13.4. The lowest BCUT2D eigenvalue weighted by Crippen LogP contribution is -2.37. The first-order chi connectivity index (χ1) is 11.8. The standard InChI is InChI=1S/C16H17F2N3O3S/c1-25(23,24)21(11-12-3-2-6-19-10-12)8-7-20-16(22)13-4-5-14(17)15(18)9-13/h2-6,9-10H,7-8,11H2,1H3,(H,20,22). The number of sulfonamides is 1. The van der Waals surface area contributed by atoms with E-state index in [9.17, 15) is 22.0 Å². The number of rotatable bonds is 7. The average Bonchev–Trinajstić information content (AvgIpc) is 2.56. The third-order valence-electron chi connectivity index (χ3n) is 3.38. The molecule has 0 spiro atoms. The van der Waals surface area contributed by atoms with Crippen LogP contribution in [-0.2, 0) is 16.6 Å². The van der Waals surface area contributed by atoms with Crippen LogP contribution in [0.25, 0.3) is 0 Å². The second-order valence-corrected chi connectivity index (χ2v) is 7.33.